The lowest BCUT2D eigenvalue weighted by atomic mass is 10.1. The minimum atomic E-state index is -4.47. The van der Waals surface area contributed by atoms with Crippen molar-refractivity contribution < 1.29 is 23.2 Å². The number of aromatic nitrogens is 1. The third-order valence-corrected chi connectivity index (χ3v) is 6.26. The fourth-order valence-corrected chi connectivity index (χ4v) is 4.97. The van der Waals surface area contributed by atoms with E-state index in [0.717, 1.165) is 41.5 Å². The minimum Gasteiger partial charge on any atom is -0.289 e. The molecule has 2 saturated carbocycles. The van der Waals surface area contributed by atoms with Gasteiger partial charge in [0.1, 0.15) is 0 Å². The Labute approximate surface area is 152 Å². The van der Waals surface area contributed by atoms with Crippen molar-refractivity contribution in [3.8, 4) is 0 Å². The lowest BCUT2D eigenvalue weighted by Gasteiger charge is -2.08. The van der Waals surface area contributed by atoms with Crippen molar-refractivity contribution in [1.29, 1.82) is 0 Å². The molecule has 2 aliphatic carbocycles. The summed E-state index contributed by atoms with van der Waals surface area (Å²) in [6, 6.07) is 4.78. The number of aryl methyl sites for hydroxylation is 1. The number of halogens is 3. The van der Waals surface area contributed by atoms with Crippen LogP contribution in [0, 0.1) is 12.8 Å². The summed E-state index contributed by atoms with van der Waals surface area (Å²) in [5, 5.41) is 9.03. The van der Waals surface area contributed by atoms with Crippen LogP contribution in [0.15, 0.2) is 24.4 Å². The van der Waals surface area contributed by atoms with Gasteiger partial charge >= 0.3 is 6.18 Å². The normalized spacial score (nSPS) is 25.2. The third kappa shape index (κ3) is 3.01. The molecule has 0 aromatic carbocycles. The maximum absolute atomic E-state index is 13.4. The Bertz CT molecular complexity index is 860. The van der Waals surface area contributed by atoms with Gasteiger partial charge in [0, 0.05) is 39.4 Å². The third-order valence-electron chi connectivity index (χ3n) is 5.11. The molecule has 2 heterocycles. The summed E-state index contributed by atoms with van der Waals surface area (Å²) in [6.45, 7) is 1.62. The zero-order chi connectivity index (χ0) is 18.6. The average Bonchev–Trinajstić information content (AvgIpc) is 3.50. The number of carbonyl (C=O) groups excluding carboxylic acids is 1. The van der Waals surface area contributed by atoms with Crippen LogP contribution >= 0.6 is 11.3 Å². The second kappa shape index (κ2) is 6.06. The first-order chi connectivity index (χ1) is 12.3. The maximum atomic E-state index is 13.4. The van der Waals surface area contributed by atoms with E-state index >= 15 is 0 Å². The zero-order valence-corrected chi connectivity index (χ0v) is 14.7. The Morgan fingerprint density at radius 2 is 2.04 bits per heavy atom. The van der Waals surface area contributed by atoms with E-state index in [1.165, 1.54) is 0 Å². The van der Waals surface area contributed by atoms with Gasteiger partial charge in [-0.25, -0.2) is 5.48 Å². The molecular formula is C18H17F3N2O2S. The predicted molar refractivity (Wildman–Crippen MR) is 89.2 cm³/mol. The van der Waals surface area contributed by atoms with Crippen LogP contribution < -0.4 is 5.48 Å². The summed E-state index contributed by atoms with van der Waals surface area (Å²) < 4.78 is 40.2. The van der Waals surface area contributed by atoms with Crippen molar-refractivity contribution in [2.24, 2.45) is 5.92 Å². The van der Waals surface area contributed by atoms with Gasteiger partial charge in [0.15, 0.2) is 0 Å². The standard InChI is InChI=1S/C18H17F3N2O2S/c1-8-6-11(18(19,20)21)16(26-8)14-13(15(14)17(24)23-25)10-4-5-22-12(7-10)9-2-3-9/h4-7,9,13-15,25H,2-3H2,1H3,(H,23,24). The minimum absolute atomic E-state index is 0.165. The molecule has 1 amide bonds. The summed E-state index contributed by atoms with van der Waals surface area (Å²) in [7, 11) is 0. The highest BCUT2D eigenvalue weighted by Crippen LogP contribution is 2.63. The smallest absolute Gasteiger partial charge is 0.289 e. The monoisotopic (exact) mass is 382 g/mol. The molecule has 0 saturated heterocycles. The van der Waals surface area contributed by atoms with Gasteiger partial charge in [0.25, 0.3) is 0 Å². The Kier molecular flexibility index (Phi) is 4.07. The van der Waals surface area contributed by atoms with Gasteiger partial charge in [-0.05, 0) is 43.5 Å². The van der Waals surface area contributed by atoms with Gasteiger partial charge < -0.3 is 0 Å². The molecular weight excluding hydrogens is 365 g/mol. The fraction of sp³-hybridized carbons (Fsp3) is 0.444. The molecule has 3 unspecified atom stereocenters. The molecule has 2 N–H and O–H groups in total. The van der Waals surface area contributed by atoms with Gasteiger partial charge in [-0.3, -0.25) is 15.0 Å². The van der Waals surface area contributed by atoms with Crippen LogP contribution in [-0.2, 0) is 11.0 Å². The van der Waals surface area contributed by atoms with Crippen LogP contribution in [-0.4, -0.2) is 16.1 Å². The van der Waals surface area contributed by atoms with Crippen LogP contribution in [0.4, 0.5) is 13.2 Å². The second-order valence-corrected chi connectivity index (χ2v) is 8.26. The van der Waals surface area contributed by atoms with Crippen LogP contribution in [0.25, 0.3) is 0 Å². The van der Waals surface area contributed by atoms with Crippen molar-refractivity contribution >= 4 is 17.2 Å². The first kappa shape index (κ1) is 17.5. The predicted octanol–water partition coefficient (Wildman–Crippen LogP) is 4.35. The van der Waals surface area contributed by atoms with Crippen LogP contribution in [0.3, 0.4) is 0 Å². The Morgan fingerprint density at radius 3 is 2.65 bits per heavy atom. The summed E-state index contributed by atoms with van der Waals surface area (Å²) in [4.78, 5) is 17.1. The van der Waals surface area contributed by atoms with E-state index < -0.39 is 29.5 Å². The Balaban J connectivity index is 1.73. The SMILES string of the molecule is Cc1cc(C(F)(F)F)c(C2C(C(=O)NO)C2c2ccnc(C3CC3)c2)s1. The van der Waals surface area contributed by atoms with Gasteiger partial charge in [-0.15, -0.1) is 11.3 Å². The van der Waals surface area contributed by atoms with Crippen molar-refractivity contribution in [2.45, 2.75) is 43.7 Å². The molecule has 2 fully saturated rings. The van der Waals surface area contributed by atoms with E-state index in [0.29, 0.717) is 10.8 Å². The van der Waals surface area contributed by atoms with Crippen molar-refractivity contribution in [1.82, 2.24) is 10.5 Å². The first-order valence-electron chi connectivity index (χ1n) is 8.38. The van der Waals surface area contributed by atoms with Gasteiger partial charge in [0.2, 0.25) is 5.91 Å². The molecule has 4 rings (SSSR count). The molecule has 0 radical (unpaired) electrons. The summed E-state index contributed by atoms with van der Waals surface area (Å²) in [5.74, 6) is -1.93. The van der Waals surface area contributed by atoms with E-state index in [-0.39, 0.29) is 10.8 Å². The molecule has 0 aliphatic heterocycles. The lowest BCUT2D eigenvalue weighted by molar-refractivity contribution is -0.138. The molecule has 2 aromatic heterocycles. The van der Waals surface area contributed by atoms with Gasteiger partial charge in [-0.2, -0.15) is 13.2 Å². The molecule has 4 nitrogen and oxygen atoms in total. The highest BCUT2D eigenvalue weighted by atomic mass is 32.1. The lowest BCUT2D eigenvalue weighted by Crippen LogP contribution is -2.21. The number of thiophene rings is 1. The topological polar surface area (TPSA) is 62.2 Å². The number of rotatable bonds is 4. The molecule has 2 aromatic rings. The molecule has 0 spiro atoms. The number of carbonyl (C=O) groups is 1. The van der Waals surface area contributed by atoms with Crippen molar-refractivity contribution in [3.05, 3.63) is 51.0 Å². The van der Waals surface area contributed by atoms with Crippen molar-refractivity contribution in [3.63, 3.8) is 0 Å². The number of hydrogen-bond acceptors (Lipinski definition) is 4. The van der Waals surface area contributed by atoms with Crippen molar-refractivity contribution in [2.75, 3.05) is 0 Å². The number of pyridine rings is 1. The highest BCUT2D eigenvalue weighted by Gasteiger charge is 2.59. The zero-order valence-electron chi connectivity index (χ0n) is 13.9. The largest absolute Gasteiger partial charge is 0.417 e. The van der Waals surface area contributed by atoms with Crippen LogP contribution in [0.1, 0.15) is 57.2 Å². The molecule has 26 heavy (non-hydrogen) atoms. The van der Waals surface area contributed by atoms with Crippen LogP contribution in [0.2, 0.25) is 0 Å². The van der Waals surface area contributed by atoms with E-state index in [9.17, 15) is 18.0 Å². The molecule has 3 atom stereocenters. The average molecular weight is 382 g/mol. The maximum Gasteiger partial charge on any atom is 0.417 e. The number of amides is 1. The quantitative estimate of drug-likeness (QED) is 0.610. The van der Waals surface area contributed by atoms with E-state index in [4.69, 9.17) is 5.21 Å². The molecule has 138 valence electrons. The molecule has 0 bridgehead atoms. The number of alkyl halides is 3. The van der Waals surface area contributed by atoms with E-state index in [1.54, 1.807) is 24.7 Å². The molecule has 2 aliphatic rings. The Morgan fingerprint density at radius 1 is 1.31 bits per heavy atom. The van der Waals surface area contributed by atoms with Gasteiger partial charge in [-0.1, -0.05) is 0 Å². The summed E-state index contributed by atoms with van der Waals surface area (Å²) >= 11 is 1.07. The summed E-state index contributed by atoms with van der Waals surface area (Å²) in [6.07, 6.45) is -0.692. The van der Waals surface area contributed by atoms with Gasteiger partial charge in [0.05, 0.1) is 11.5 Å². The highest BCUT2D eigenvalue weighted by molar-refractivity contribution is 7.12. The van der Waals surface area contributed by atoms with E-state index in [2.05, 4.69) is 4.98 Å². The first-order valence-corrected chi connectivity index (χ1v) is 9.20. The molecule has 8 heteroatoms. The second-order valence-electron chi connectivity index (χ2n) is 6.97. The Hall–Kier alpha value is -1.93. The number of nitrogens with one attached hydrogen (secondary N) is 1. The fourth-order valence-electron chi connectivity index (χ4n) is 3.73. The van der Waals surface area contributed by atoms with Crippen LogP contribution in [0.5, 0.6) is 0 Å². The number of hydrogen-bond donors (Lipinski definition) is 2. The summed E-state index contributed by atoms with van der Waals surface area (Å²) in [5.41, 5.74) is 2.66. The number of nitrogens with zero attached hydrogens (tertiary/aromatic N) is 1. The number of hydroxylamine groups is 1. The van der Waals surface area contributed by atoms with E-state index in [1.807, 2.05) is 6.07 Å².